The van der Waals surface area contributed by atoms with Crippen LogP contribution >= 0.6 is 0 Å². The zero-order valence-electron chi connectivity index (χ0n) is 15.0. The topological polar surface area (TPSA) is 27.7 Å². The van der Waals surface area contributed by atoms with Crippen LogP contribution in [0.5, 0.6) is 17.2 Å². The van der Waals surface area contributed by atoms with Gasteiger partial charge in [-0.05, 0) is 17.2 Å². The zero-order valence-corrected chi connectivity index (χ0v) is 15.0. The van der Waals surface area contributed by atoms with Gasteiger partial charge in [0.25, 0.3) is 0 Å². The Morgan fingerprint density at radius 2 is 1.35 bits per heavy atom. The molecule has 132 valence electrons. The van der Waals surface area contributed by atoms with Crippen molar-refractivity contribution in [3.8, 4) is 17.2 Å². The Morgan fingerprint density at radius 1 is 0.692 bits per heavy atom. The highest BCUT2D eigenvalue weighted by atomic mass is 16.5. The number of hydrogen-bond acceptors (Lipinski definition) is 3. The standard InChI is InChI=1S/C23H22O3/c1-24-21-16-23(26-17-19-11-7-4-8-12-19)22(25-2)15-20(21)14-13-18-9-5-3-6-10-18/h3-16H,17H2,1-2H3. The van der Waals surface area contributed by atoms with E-state index in [0.29, 0.717) is 18.1 Å². The van der Waals surface area contributed by atoms with Crippen molar-refractivity contribution in [3.63, 3.8) is 0 Å². The van der Waals surface area contributed by atoms with Crippen LogP contribution in [0.25, 0.3) is 12.2 Å². The van der Waals surface area contributed by atoms with Crippen molar-refractivity contribution >= 4 is 12.2 Å². The first-order chi connectivity index (χ1) is 12.8. The van der Waals surface area contributed by atoms with E-state index in [0.717, 1.165) is 22.4 Å². The van der Waals surface area contributed by atoms with E-state index >= 15 is 0 Å². The van der Waals surface area contributed by atoms with Gasteiger partial charge in [0.2, 0.25) is 0 Å². The van der Waals surface area contributed by atoms with E-state index in [4.69, 9.17) is 14.2 Å². The smallest absolute Gasteiger partial charge is 0.165 e. The third-order valence-corrected chi connectivity index (χ3v) is 4.01. The molecule has 0 aliphatic heterocycles. The minimum atomic E-state index is 0.472. The maximum Gasteiger partial charge on any atom is 0.165 e. The fourth-order valence-electron chi connectivity index (χ4n) is 2.62. The Kier molecular flexibility index (Phi) is 5.94. The normalized spacial score (nSPS) is 10.7. The maximum absolute atomic E-state index is 5.95. The molecule has 0 aliphatic carbocycles. The van der Waals surface area contributed by atoms with Crippen molar-refractivity contribution in [2.45, 2.75) is 6.61 Å². The maximum atomic E-state index is 5.95. The molecule has 0 amide bonds. The van der Waals surface area contributed by atoms with E-state index in [1.54, 1.807) is 14.2 Å². The molecule has 0 bridgehead atoms. The molecule has 3 rings (SSSR count). The molecule has 0 fully saturated rings. The second-order valence-electron chi connectivity index (χ2n) is 5.76. The van der Waals surface area contributed by atoms with Gasteiger partial charge in [0.05, 0.1) is 14.2 Å². The van der Waals surface area contributed by atoms with Crippen molar-refractivity contribution in [1.82, 2.24) is 0 Å². The lowest BCUT2D eigenvalue weighted by molar-refractivity contribution is 0.282. The van der Waals surface area contributed by atoms with Gasteiger partial charge < -0.3 is 14.2 Å². The summed E-state index contributed by atoms with van der Waals surface area (Å²) in [4.78, 5) is 0. The quantitative estimate of drug-likeness (QED) is 0.532. The van der Waals surface area contributed by atoms with Crippen molar-refractivity contribution in [2.75, 3.05) is 14.2 Å². The van der Waals surface area contributed by atoms with Gasteiger partial charge in [-0.2, -0.15) is 0 Å². The van der Waals surface area contributed by atoms with Crippen LogP contribution < -0.4 is 14.2 Å². The highest BCUT2D eigenvalue weighted by molar-refractivity contribution is 5.74. The van der Waals surface area contributed by atoms with Crippen LogP contribution in [0.3, 0.4) is 0 Å². The van der Waals surface area contributed by atoms with E-state index in [1.165, 1.54) is 0 Å². The number of benzene rings is 3. The van der Waals surface area contributed by atoms with E-state index in [9.17, 15) is 0 Å². The molecule has 0 aliphatic rings. The van der Waals surface area contributed by atoms with Crippen LogP contribution in [0.2, 0.25) is 0 Å². The molecular weight excluding hydrogens is 324 g/mol. The lowest BCUT2D eigenvalue weighted by Crippen LogP contribution is -1.99. The lowest BCUT2D eigenvalue weighted by atomic mass is 10.1. The fourth-order valence-corrected chi connectivity index (χ4v) is 2.62. The SMILES string of the molecule is COc1cc(OCc2ccccc2)c(OC)cc1C=Cc1ccccc1. The van der Waals surface area contributed by atoms with Crippen LogP contribution in [0.15, 0.2) is 72.8 Å². The monoisotopic (exact) mass is 346 g/mol. The first kappa shape index (κ1) is 17.6. The van der Waals surface area contributed by atoms with Gasteiger partial charge in [-0.25, -0.2) is 0 Å². The summed E-state index contributed by atoms with van der Waals surface area (Å²) in [7, 11) is 3.30. The second-order valence-corrected chi connectivity index (χ2v) is 5.76. The minimum Gasteiger partial charge on any atom is -0.496 e. The molecule has 3 nitrogen and oxygen atoms in total. The first-order valence-corrected chi connectivity index (χ1v) is 8.46. The predicted octanol–water partition coefficient (Wildman–Crippen LogP) is 5.45. The van der Waals surface area contributed by atoms with Gasteiger partial charge in [-0.15, -0.1) is 0 Å². The number of ether oxygens (including phenoxy) is 3. The third-order valence-electron chi connectivity index (χ3n) is 4.01. The molecule has 0 spiro atoms. The van der Waals surface area contributed by atoms with E-state index in [2.05, 4.69) is 12.1 Å². The number of hydrogen-bond donors (Lipinski definition) is 0. The molecule has 0 unspecified atom stereocenters. The highest BCUT2D eigenvalue weighted by Gasteiger charge is 2.11. The number of methoxy groups -OCH3 is 2. The molecule has 0 N–H and O–H groups in total. The van der Waals surface area contributed by atoms with Crippen LogP contribution in [0.1, 0.15) is 16.7 Å². The van der Waals surface area contributed by atoms with Crippen LogP contribution in [-0.2, 0) is 6.61 Å². The molecule has 26 heavy (non-hydrogen) atoms. The van der Waals surface area contributed by atoms with E-state index < -0.39 is 0 Å². The highest BCUT2D eigenvalue weighted by Crippen LogP contribution is 2.36. The van der Waals surface area contributed by atoms with E-state index in [-0.39, 0.29) is 0 Å². The van der Waals surface area contributed by atoms with Gasteiger partial charge in [0, 0.05) is 11.6 Å². The Bertz CT molecular complexity index is 855. The minimum absolute atomic E-state index is 0.472. The molecular formula is C23H22O3. The van der Waals surface area contributed by atoms with Crippen LogP contribution in [-0.4, -0.2) is 14.2 Å². The van der Waals surface area contributed by atoms with Gasteiger partial charge in [-0.1, -0.05) is 72.8 Å². The van der Waals surface area contributed by atoms with Crippen LogP contribution in [0, 0.1) is 0 Å². The Hall–Kier alpha value is -3.20. The summed E-state index contributed by atoms with van der Waals surface area (Å²) in [5.41, 5.74) is 3.15. The van der Waals surface area contributed by atoms with Crippen molar-refractivity contribution in [3.05, 3.63) is 89.5 Å². The lowest BCUT2D eigenvalue weighted by Gasteiger charge is -2.14. The second kappa shape index (κ2) is 8.77. The summed E-state index contributed by atoms with van der Waals surface area (Å²) < 4.78 is 17.0. The number of rotatable bonds is 7. The summed E-state index contributed by atoms with van der Waals surface area (Å²) in [6.45, 7) is 0.472. The average Bonchev–Trinajstić information content (AvgIpc) is 2.72. The van der Waals surface area contributed by atoms with Crippen LogP contribution in [0.4, 0.5) is 0 Å². The van der Waals surface area contributed by atoms with Crippen molar-refractivity contribution in [1.29, 1.82) is 0 Å². The Balaban J connectivity index is 1.84. The molecule has 0 saturated carbocycles. The molecule has 3 aromatic rings. The first-order valence-electron chi connectivity index (χ1n) is 8.46. The summed E-state index contributed by atoms with van der Waals surface area (Å²) in [5, 5.41) is 0. The zero-order chi connectivity index (χ0) is 18.2. The fraction of sp³-hybridized carbons (Fsp3) is 0.130. The Labute approximate surface area is 154 Å². The molecule has 3 heteroatoms. The summed E-state index contributed by atoms with van der Waals surface area (Å²) >= 11 is 0. The average molecular weight is 346 g/mol. The summed E-state index contributed by atoms with van der Waals surface area (Å²) in [6.07, 6.45) is 4.06. The molecule has 0 radical (unpaired) electrons. The summed E-state index contributed by atoms with van der Waals surface area (Å²) in [5.74, 6) is 2.07. The van der Waals surface area contributed by atoms with Crippen molar-refractivity contribution in [2.24, 2.45) is 0 Å². The largest absolute Gasteiger partial charge is 0.496 e. The molecule has 3 aromatic carbocycles. The van der Waals surface area contributed by atoms with Gasteiger partial charge in [0.15, 0.2) is 11.5 Å². The predicted molar refractivity (Wildman–Crippen MR) is 106 cm³/mol. The Morgan fingerprint density at radius 3 is 2.00 bits per heavy atom. The molecule has 0 heterocycles. The van der Waals surface area contributed by atoms with Gasteiger partial charge >= 0.3 is 0 Å². The third kappa shape index (κ3) is 4.45. The molecule has 0 saturated heterocycles. The van der Waals surface area contributed by atoms with Gasteiger partial charge in [-0.3, -0.25) is 0 Å². The molecule has 0 aromatic heterocycles. The molecule has 0 atom stereocenters. The van der Waals surface area contributed by atoms with Crippen molar-refractivity contribution < 1.29 is 14.2 Å². The summed E-state index contributed by atoms with van der Waals surface area (Å²) in [6, 6.07) is 24.0. The van der Waals surface area contributed by atoms with E-state index in [1.807, 2.05) is 72.8 Å². The van der Waals surface area contributed by atoms with Gasteiger partial charge in [0.1, 0.15) is 12.4 Å².